The number of anilines is 2. The summed E-state index contributed by atoms with van der Waals surface area (Å²) in [5.74, 6) is -1.17. The van der Waals surface area contributed by atoms with Crippen molar-refractivity contribution in [3.05, 3.63) is 24.3 Å². The Balaban J connectivity index is 1.54. The van der Waals surface area contributed by atoms with E-state index in [4.69, 9.17) is 5.11 Å². The molecular weight excluding hydrogens is 310 g/mol. The van der Waals surface area contributed by atoms with E-state index < -0.39 is 11.9 Å². The van der Waals surface area contributed by atoms with Crippen molar-refractivity contribution in [2.45, 2.75) is 25.7 Å². The molecule has 7 heteroatoms. The number of carboxylic acid groups (broad SMARTS) is 1. The number of carboxylic acids is 1. The molecule has 24 heavy (non-hydrogen) atoms. The van der Waals surface area contributed by atoms with E-state index >= 15 is 0 Å². The van der Waals surface area contributed by atoms with Crippen molar-refractivity contribution in [2.75, 3.05) is 23.7 Å². The summed E-state index contributed by atoms with van der Waals surface area (Å²) in [6.07, 6.45) is 3.20. The van der Waals surface area contributed by atoms with Gasteiger partial charge in [0.15, 0.2) is 0 Å². The minimum absolute atomic E-state index is 0.0415. The van der Waals surface area contributed by atoms with E-state index in [1.807, 2.05) is 0 Å². The number of piperidine rings is 1. The maximum absolute atomic E-state index is 12.2. The van der Waals surface area contributed by atoms with Crippen LogP contribution in [0, 0.1) is 11.8 Å². The second-order valence-electron chi connectivity index (χ2n) is 6.39. The van der Waals surface area contributed by atoms with Crippen molar-refractivity contribution in [2.24, 2.45) is 11.8 Å². The molecule has 0 aromatic heterocycles. The smallest absolute Gasteiger partial charge is 0.321 e. The highest BCUT2D eigenvalue weighted by atomic mass is 16.4. The van der Waals surface area contributed by atoms with E-state index in [-0.39, 0.29) is 24.4 Å². The standard InChI is InChI=1S/C17H21N3O4/c21-15(11-3-4-11)18-13-5-7-14(8-6-13)19-17(24)20-9-1-2-12(10-20)16(22)23/h5-8,11-12H,1-4,9-10H2,(H,18,21)(H,19,24)(H,22,23). The highest BCUT2D eigenvalue weighted by Gasteiger charge is 2.30. The van der Waals surface area contributed by atoms with E-state index in [1.54, 1.807) is 24.3 Å². The number of carbonyl (C=O) groups is 3. The van der Waals surface area contributed by atoms with Crippen LogP contribution in [0.1, 0.15) is 25.7 Å². The van der Waals surface area contributed by atoms with E-state index in [9.17, 15) is 14.4 Å². The Morgan fingerprint density at radius 3 is 2.17 bits per heavy atom. The van der Waals surface area contributed by atoms with Gasteiger partial charge in [-0.15, -0.1) is 0 Å². The molecule has 0 bridgehead atoms. The van der Waals surface area contributed by atoms with Gasteiger partial charge in [0.2, 0.25) is 5.91 Å². The molecule has 128 valence electrons. The van der Waals surface area contributed by atoms with E-state index in [0.717, 1.165) is 12.8 Å². The Labute approximate surface area is 140 Å². The molecular formula is C17H21N3O4. The van der Waals surface area contributed by atoms with Crippen molar-refractivity contribution in [3.8, 4) is 0 Å². The zero-order valence-corrected chi connectivity index (χ0v) is 13.3. The number of rotatable bonds is 4. The molecule has 0 spiro atoms. The zero-order chi connectivity index (χ0) is 17.1. The Bertz CT molecular complexity index is 640. The minimum Gasteiger partial charge on any atom is -0.481 e. The van der Waals surface area contributed by atoms with Gasteiger partial charge in [-0.25, -0.2) is 4.79 Å². The SMILES string of the molecule is O=C(O)C1CCCN(C(=O)Nc2ccc(NC(=O)C3CC3)cc2)C1. The van der Waals surface area contributed by atoms with Crippen molar-refractivity contribution in [1.82, 2.24) is 4.90 Å². The van der Waals surface area contributed by atoms with Crippen LogP contribution in [-0.4, -0.2) is 41.0 Å². The third-order valence-electron chi connectivity index (χ3n) is 4.41. The fourth-order valence-corrected chi connectivity index (χ4v) is 2.79. The van der Waals surface area contributed by atoms with Crippen LogP contribution >= 0.6 is 0 Å². The van der Waals surface area contributed by atoms with E-state index in [2.05, 4.69) is 10.6 Å². The summed E-state index contributed by atoms with van der Waals surface area (Å²) in [6, 6.07) is 6.63. The Hall–Kier alpha value is -2.57. The summed E-state index contributed by atoms with van der Waals surface area (Å²) >= 11 is 0. The quantitative estimate of drug-likeness (QED) is 0.789. The molecule has 1 atom stereocenters. The van der Waals surface area contributed by atoms with Gasteiger partial charge in [-0.05, 0) is 49.9 Å². The number of benzene rings is 1. The van der Waals surface area contributed by atoms with Crippen LogP contribution in [0.3, 0.4) is 0 Å². The van der Waals surface area contributed by atoms with Crippen LogP contribution in [0.5, 0.6) is 0 Å². The van der Waals surface area contributed by atoms with E-state index in [0.29, 0.717) is 30.8 Å². The van der Waals surface area contributed by atoms with Gasteiger partial charge in [-0.2, -0.15) is 0 Å². The van der Waals surface area contributed by atoms with Crippen molar-refractivity contribution in [3.63, 3.8) is 0 Å². The molecule has 2 fully saturated rings. The molecule has 1 aromatic rings. The minimum atomic E-state index is -0.858. The molecule has 1 heterocycles. The summed E-state index contributed by atoms with van der Waals surface area (Å²) in [5.41, 5.74) is 1.32. The van der Waals surface area contributed by atoms with Crippen molar-refractivity contribution in [1.29, 1.82) is 0 Å². The lowest BCUT2D eigenvalue weighted by Gasteiger charge is -2.30. The van der Waals surface area contributed by atoms with Crippen LogP contribution in [0.4, 0.5) is 16.2 Å². The Morgan fingerprint density at radius 2 is 1.58 bits per heavy atom. The normalized spacial score (nSPS) is 20.3. The number of nitrogens with zero attached hydrogens (tertiary/aromatic N) is 1. The number of aliphatic carboxylic acids is 1. The van der Waals surface area contributed by atoms with Gasteiger partial charge in [0.25, 0.3) is 0 Å². The lowest BCUT2D eigenvalue weighted by Crippen LogP contribution is -2.44. The number of nitrogens with one attached hydrogen (secondary N) is 2. The van der Waals surface area contributed by atoms with Crippen LogP contribution in [-0.2, 0) is 9.59 Å². The van der Waals surface area contributed by atoms with Crippen LogP contribution in [0.2, 0.25) is 0 Å². The number of hydrogen-bond donors (Lipinski definition) is 3. The van der Waals surface area contributed by atoms with Crippen molar-refractivity contribution < 1.29 is 19.5 Å². The summed E-state index contributed by atoms with van der Waals surface area (Å²) in [7, 11) is 0. The maximum atomic E-state index is 12.2. The lowest BCUT2D eigenvalue weighted by atomic mass is 9.99. The monoisotopic (exact) mass is 331 g/mol. The molecule has 7 nitrogen and oxygen atoms in total. The second-order valence-corrected chi connectivity index (χ2v) is 6.39. The molecule has 3 rings (SSSR count). The molecule has 1 aromatic carbocycles. The molecule has 3 N–H and O–H groups in total. The largest absolute Gasteiger partial charge is 0.481 e. The summed E-state index contributed by atoms with van der Waals surface area (Å²) in [6.45, 7) is 0.793. The average molecular weight is 331 g/mol. The summed E-state index contributed by atoms with van der Waals surface area (Å²) in [4.78, 5) is 36.5. The van der Waals surface area contributed by atoms with Gasteiger partial charge in [0.05, 0.1) is 5.92 Å². The van der Waals surface area contributed by atoms with Crippen molar-refractivity contribution >= 4 is 29.3 Å². The molecule has 1 saturated carbocycles. The number of urea groups is 1. The predicted molar refractivity (Wildman–Crippen MR) is 88.7 cm³/mol. The number of amides is 3. The third-order valence-corrected chi connectivity index (χ3v) is 4.41. The fourth-order valence-electron chi connectivity index (χ4n) is 2.79. The number of carbonyl (C=O) groups excluding carboxylic acids is 2. The van der Waals surface area contributed by atoms with Gasteiger partial charge in [-0.3, -0.25) is 9.59 Å². The van der Waals surface area contributed by atoms with Gasteiger partial charge < -0.3 is 20.6 Å². The van der Waals surface area contributed by atoms with Crippen LogP contribution in [0.25, 0.3) is 0 Å². The molecule has 1 unspecified atom stereocenters. The first-order valence-electron chi connectivity index (χ1n) is 8.22. The number of likely N-dealkylation sites (tertiary alicyclic amines) is 1. The fraction of sp³-hybridized carbons (Fsp3) is 0.471. The first-order valence-corrected chi connectivity index (χ1v) is 8.22. The van der Waals surface area contributed by atoms with Crippen LogP contribution < -0.4 is 10.6 Å². The summed E-state index contributed by atoms with van der Waals surface area (Å²) in [5, 5.41) is 14.7. The highest BCUT2D eigenvalue weighted by Crippen LogP contribution is 2.30. The molecule has 2 aliphatic rings. The predicted octanol–water partition coefficient (Wildman–Crippen LogP) is 2.36. The van der Waals surface area contributed by atoms with Crippen LogP contribution in [0.15, 0.2) is 24.3 Å². The van der Waals surface area contributed by atoms with Gasteiger partial charge in [0, 0.05) is 30.4 Å². The lowest BCUT2D eigenvalue weighted by molar-refractivity contribution is -0.143. The average Bonchev–Trinajstić information content (AvgIpc) is 3.41. The first kappa shape index (κ1) is 16.3. The molecule has 3 amide bonds. The first-order chi connectivity index (χ1) is 11.5. The van der Waals surface area contributed by atoms with Gasteiger partial charge >= 0.3 is 12.0 Å². The maximum Gasteiger partial charge on any atom is 0.321 e. The van der Waals surface area contributed by atoms with Gasteiger partial charge in [0.1, 0.15) is 0 Å². The molecule has 1 aliphatic carbocycles. The topological polar surface area (TPSA) is 98.7 Å². The molecule has 0 radical (unpaired) electrons. The second kappa shape index (κ2) is 6.90. The third kappa shape index (κ3) is 4.04. The summed E-state index contributed by atoms with van der Waals surface area (Å²) < 4.78 is 0. The zero-order valence-electron chi connectivity index (χ0n) is 13.3. The Morgan fingerprint density at radius 1 is 0.958 bits per heavy atom. The molecule has 1 aliphatic heterocycles. The Kier molecular flexibility index (Phi) is 4.69. The van der Waals surface area contributed by atoms with Gasteiger partial charge in [-0.1, -0.05) is 0 Å². The highest BCUT2D eigenvalue weighted by molar-refractivity contribution is 5.94. The number of hydrogen-bond acceptors (Lipinski definition) is 3. The van der Waals surface area contributed by atoms with E-state index in [1.165, 1.54) is 4.90 Å². The molecule has 1 saturated heterocycles.